The van der Waals surface area contributed by atoms with Gasteiger partial charge in [-0.05, 0) is 37.0 Å². The van der Waals surface area contributed by atoms with Crippen LogP contribution >= 0.6 is 11.6 Å². The van der Waals surface area contributed by atoms with Crippen molar-refractivity contribution in [3.8, 4) is 0 Å². The summed E-state index contributed by atoms with van der Waals surface area (Å²) >= 11 is 6.02. The van der Waals surface area contributed by atoms with Crippen LogP contribution in [0, 0.1) is 11.7 Å². The fourth-order valence-electron chi connectivity index (χ4n) is 1.67. The van der Waals surface area contributed by atoms with E-state index in [9.17, 15) is 17.6 Å². The lowest BCUT2D eigenvalue weighted by molar-refractivity contribution is -0.137. The quantitative estimate of drug-likeness (QED) is 0.642. The number of rotatable bonds is 4. The second-order valence-electron chi connectivity index (χ2n) is 4.43. The number of halogens is 5. The van der Waals surface area contributed by atoms with Crippen LogP contribution in [0.4, 0.5) is 23.2 Å². The molecule has 1 unspecified atom stereocenters. The normalized spacial score (nSPS) is 17.6. The standard InChI is InChI=1S/C12H12ClF4N/c13-9(7-1-2-7)6-18-11-4-3-8(5-10(11)14)12(15,16)17/h3-5,7,9,18H,1-2,6H2. The second-order valence-corrected chi connectivity index (χ2v) is 4.99. The molecule has 18 heavy (non-hydrogen) atoms. The van der Waals surface area contributed by atoms with Gasteiger partial charge >= 0.3 is 6.18 Å². The highest BCUT2D eigenvalue weighted by atomic mass is 35.5. The third-order valence-corrected chi connectivity index (χ3v) is 3.43. The zero-order valence-corrected chi connectivity index (χ0v) is 10.2. The number of alkyl halides is 4. The van der Waals surface area contributed by atoms with Crippen molar-refractivity contribution in [2.45, 2.75) is 24.4 Å². The van der Waals surface area contributed by atoms with Crippen LogP contribution in [0.15, 0.2) is 18.2 Å². The first-order chi connectivity index (χ1) is 8.38. The molecule has 1 saturated carbocycles. The van der Waals surface area contributed by atoms with Crippen molar-refractivity contribution in [1.82, 2.24) is 0 Å². The highest BCUT2D eigenvalue weighted by Gasteiger charge is 2.32. The number of anilines is 1. The lowest BCUT2D eigenvalue weighted by atomic mass is 10.2. The van der Waals surface area contributed by atoms with E-state index in [1.807, 2.05) is 0 Å². The fraction of sp³-hybridized carbons (Fsp3) is 0.500. The van der Waals surface area contributed by atoms with Gasteiger partial charge in [-0.2, -0.15) is 13.2 Å². The maximum Gasteiger partial charge on any atom is 0.416 e. The molecule has 0 aliphatic heterocycles. The number of nitrogens with one attached hydrogen (secondary N) is 1. The van der Waals surface area contributed by atoms with Gasteiger partial charge in [0.2, 0.25) is 0 Å². The van der Waals surface area contributed by atoms with Crippen molar-refractivity contribution in [1.29, 1.82) is 0 Å². The maximum absolute atomic E-state index is 13.4. The molecule has 0 bridgehead atoms. The molecule has 1 atom stereocenters. The van der Waals surface area contributed by atoms with Crippen molar-refractivity contribution in [3.63, 3.8) is 0 Å². The molecule has 0 aromatic heterocycles. The molecule has 6 heteroatoms. The van der Waals surface area contributed by atoms with Gasteiger partial charge in [0.05, 0.1) is 16.6 Å². The molecule has 1 aromatic carbocycles. The van der Waals surface area contributed by atoms with E-state index < -0.39 is 17.6 Å². The summed E-state index contributed by atoms with van der Waals surface area (Å²) in [6, 6.07) is 2.43. The molecule has 1 fully saturated rings. The molecule has 0 radical (unpaired) electrons. The Balaban J connectivity index is 2.00. The third kappa shape index (κ3) is 3.28. The van der Waals surface area contributed by atoms with Crippen LogP contribution in [0.3, 0.4) is 0 Å². The number of benzene rings is 1. The van der Waals surface area contributed by atoms with Gasteiger partial charge in [0.25, 0.3) is 0 Å². The van der Waals surface area contributed by atoms with Crippen molar-refractivity contribution < 1.29 is 17.6 Å². The molecule has 0 amide bonds. The van der Waals surface area contributed by atoms with Crippen LogP contribution < -0.4 is 5.32 Å². The molecule has 1 aliphatic carbocycles. The van der Waals surface area contributed by atoms with E-state index in [1.54, 1.807) is 0 Å². The Labute approximate surface area is 107 Å². The van der Waals surface area contributed by atoms with Crippen molar-refractivity contribution in [3.05, 3.63) is 29.6 Å². The Morgan fingerprint density at radius 1 is 1.33 bits per heavy atom. The minimum absolute atomic E-state index is 0.0503. The van der Waals surface area contributed by atoms with Crippen molar-refractivity contribution in [2.75, 3.05) is 11.9 Å². The topological polar surface area (TPSA) is 12.0 Å². The molecule has 0 spiro atoms. The molecule has 1 nitrogen and oxygen atoms in total. The summed E-state index contributed by atoms with van der Waals surface area (Å²) in [4.78, 5) is 0. The molecule has 1 aliphatic rings. The van der Waals surface area contributed by atoms with Crippen LogP contribution in [-0.4, -0.2) is 11.9 Å². The Bertz CT molecular complexity index is 429. The highest BCUT2D eigenvalue weighted by Crippen LogP contribution is 2.36. The highest BCUT2D eigenvalue weighted by molar-refractivity contribution is 6.21. The van der Waals surface area contributed by atoms with Gasteiger partial charge < -0.3 is 5.32 Å². The van der Waals surface area contributed by atoms with Gasteiger partial charge in [0.1, 0.15) is 5.82 Å². The summed E-state index contributed by atoms with van der Waals surface area (Å²) in [5.41, 5.74) is -0.940. The van der Waals surface area contributed by atoms with E-state index in [0.717, 1.165) is 25.0 Å². The molecule has 2 rings (SSSR count). The fourth-order valence-corrected chi connectivity index (χ4v) is 2.00. The summed E-state index contributed by atoms with van der Waals surface area (Å²) in [6.07, 6.45) is -2.40. The SMILES string of the molecule is Fc1cc(C(F)(F)F)ccc1NCC(Cl)C1CC1. The van der Waals surface area contributed by atoms with E-state index in [4.69, 9.17) is 11.6 Å². The third-order valence-electron chi connectivity index (χ3n) is 2.92. The van der Waals surface area contributed by atoms with Crippen LogP contribution in [-0.2, 0) is 6.18 Å². The smallest absolute Gasteiger partial charge is 0.381 e. The predicted octanol–water partition coefficient (Wildman–Crippen LogP) is 4.27. The van der Waals surface area contributed by atoms with E-state index in [-0.39, 0.29) is 11.1 Å². The van der Waals surface area contributed by atoms with Crippen molar-refractivity contribution >= 4 is 17.3 Å². The molecule has 100 valence electrons. The van der Waals surface area contributed by atoms with Crippen LogP contribution in [0.2, 0.25) is 0 Å². The largest absolute Gasteiger partial charge is 0.416 e. The first-order valence-corrected chi connectivity index (χ1v) is 6.06. The first kappa shape index (κ1) is 13.5. The molecular weight excluding hydrogens is 270 g/mol. The van der Waals surface area contributed by atoms with Gasteiger partial charge in [-0.1, -0.05) is 0 Å². The van der Waals surface area contributed by atoms with Gasteiger partial charge in [0.15, 0.2) is 0 Å². The summed E-state index contributed by atoms with van der Waals surface area (Å²) in [6.45, 7) is 0.356. The Morgan fingerprint density at radius 2 is 2.00 bits per heavy atom. The molecule has 0 heterocycles. The first-order valence-electron chi connectivity index (χ1n) is 5.62. The van der Waals surface area contributed by atoms with E-state index in [1.165, 1.54) is 0 Å². The van der Waals surface area contributed by atoms with Crippen molar-refractivity contribution in [2.24, 2.45) is 5.92 Å². The summed E-state index contributed by atoms with van der Waals surface area (Å²) < 4.78 is 50.4. The monoisotopic (exact) mass is 281 g/mol. The van der Waals surface area contributed by atoms with E-state index >= 15 is 0 Å². The Hall–Kier alpha value is -0.970. The Kier molecular flexibility index (Phi) is 3.71. The molecule has 1 aromatic rings. The van der Waals surface area contributed by atoms with Gasteiger partial charge in [-0.25, -0.2) is 4.39 Å². The summed E-state index contributed by atoms with van der Waals surface area (Å²) in [5.74, 6) is -0.471. The van der Waals surface area contributed by atoms with Gasteiger partial charge in [0, 0.05) is 6.54 Å². The van der Waals surface area contributed by atoms with Gasteiger partial charge in [-0.3, -0.25) is 0 Å². The average Bonchev–Trinajstić information content (AvgIpc) is 3.09. The minimum atomic E-state index is -4.53. The van der Waals surface area contributed by atoms with Crippen LogP contribution in [0.5, 0.6) is 0 Å². The van der Waals surface area contributed by atoms with Crippen LogP contribution in [0.25, 0.3) is 0 Å². The zero-order chi connectivity index (χ0) is 13.3. The summed E-state index contributed by atoms with van der Waals surface area (Å²) in [5, 5.41) is 2.63. The maximum atomic E-state index is 13.4. The second kappa shape index (κ2) is 4.96. The minimum Gasteiger partial charge on any atom is -0.381 e. The lowest BCUT2D eigenvalue weighted by Gasteiger charge is -2.13. The Morgan fingerprint density at radius 3 is 2.50 bits per heavy atom. The molecule has 0 saturated heterocycles. The number of hydrogen-bond acceptors (Lipinski definition) is 1. The zero-order valence-electron chi connectivity index (χ0n) is 9.40. The predicted molar refractivity (Wildman–Crippen MR) is 62.3 cm³/mol. The average molecular weight is 282 g/mol. The van der Waals surface area contributed by atoms with Gasteiger partial charge in [-0.15, -0.1) is 11.6 Å². The van der Waals surface area contributed by atoms with Crippen LogP contribution in [0.1, 0.15) is 18.4 Å². The lowest BCUT2D eigenvalue weighted by Crippen LogP contribution is -2.17. The van der Waals surface area contributed by atoms with E-state index in [0.29, 0.717) is 18.5 Å². The number of hydrogen-bond donors (Lipinski definition) is 1. The summed E-state index contributed by atoms with van der Waals surface area (Å²) in [7, 11) is 0. The molecule has 1 N–H and O–H groups in total. The van der Waals surface area contributed by atoms with E-state index in [2.05, 4.69) is 5.32 Å². The molecular formula is C12H12ClF4N.